The van der Waals surface area contributed by atoms with Crippen LogP contribution in [0.15, 0.2) is 12.3 Å². The summed E-state index contributed by atoms with van der Waals surface area (Å²) in [5, 5.41) is 0.942. The van der Waals surface area contributed by atoms with Crippen molar-refractivity contribution in [3.05, 3.63) is 28.0 Å². The van der Waals surface area contributed by atoms with Gasteiger partial charge in [-0.05, 0) is 6.07 Å². The van der Waals surface area contributed by atoms with Crippen molar-refractivity contribution in [2.45, 2.75) is 5.88 Å². The van der Waals surface area contributed by atoms with Gasteiger partial charge in [0.15, 0.2) is 0 Å². The van der Waals surface area contributed by atoms with E-state index in [1.807, 2.05) is 0 Å². The molecule has 0 saturated heterocycles. The van der Waals surface area contributed by atoms with E-state index < -0.39 is 0 Å². The third-order valence-electron chi connectivity index (χ3n) is 1.08. The molecule has 0 aromatic carbocycles. The summed E-state index contributed by atoms with van der Waals surface area (Å²) in [6, 6.07) is 1.66. The van der Waals surface area contributed by atoms with Crippen LogP contribution in [0, 0.1) is 0 Å². The summed E-state index contributed by atoms with van der Waals surface area (Å²) in [5.74, 6) is 0.297. The number of nitrogens with zero attached hydrogens (tertiary/aromatic N) is 1. The minimum Gasteiger partial charge on any atom is -0.244 e. The van der Waals surface area contributed by atoms with Crippen molar-refractivity contribution in [3.63, 3.8) is 0 Å². The van der Waals surface area contributed by atoms with Crippen molar-refractivity contribution in [2.75, 3.05) is 0 Å². The van der Waals surface area contributed by atoms with Crippen LogP contribution in [-0.2, 0) is 5.88 Å². The molecule has 1 aromatic heterocycles. The summed E-state index contributed by atoms with van der Waals surface area (Å²) in [7, 11) is 0. The van der Waals surface area contributed by atoms with E-state index in [0.29, 0.717) is 21.6 Å². The first-order chi connectivity index (χ1) is 4.75. The molecular weight excluding hydrogens is 192 g/mol. The molecule has 10 heavy (non-hydrogen) atoms. The summed E-state index contributed by atoms with van der Waals surface area (Å²) >= 11 is 16.9. The van der Waals surface area contributed by atoms with Gasteiger partial charge >= 0.3 is 0 Å². The SMILES string of the molecule is ClCc1c(Cl)ccnc1Cl. The standard InChI is InChI=1S/C6H4Cl3N/c7-3-4-5(8)1-2-10-6(4)9/h1-2H,3H2. The maximum Gasteiger partial charge on any atom is 0.134 e. The summed E-state index contributed by atoms with van der Waals surface area (Å²) in [5.41, 5.74) is 0.688. The Labute approximate surface area is 73.9 Å². The predicted octanol–water partition coefficient (Wildman–Crippen LogP) is 3.13. The van der Waals surface area contributed by atoms with Crippen molar-refractivity contribution in [1.29, 1.82) is 0 Å². The fourth-order valence-electron chi connectivity index (χ4n) is 0.564. The van der Waals surface area contributed by atoms with Gasteiger partial charge in [0.25, 0.3) is 0 Å². The van der Waals surface area contributed by atoms with Crippen molar-refractivity contribution in [3.8, 4) is 0 Å². The van der Waals surface area contributed by atoms with E-state index in [0.717, 1.165) is 0 Å². The van der Waals surface area contributed by atoms with E-state index in [4.69, 9.17) is 34.8 Å². The van der Waals surface area contributed by atoms with Crippen LogP contribution in [0.1, 0.15) is 5.56 Å². The lowest BCUT2D eigenvalue weighted by Crippen LogP contribution is -1.84. The van der Waals surface area contributed by atoms with Crippen molar-refractivity contribution in [2.24, 2.45) is 0 Å². The number of pyridine rings is 1. The Morgan fingerprint density at radius 2 is 2.10 bits per heavy atom. The van der Waals surface area contributed by atoms with Crippen LogP contribution in [0.2, 0.25) is 10.2 Å². The zero-order valence-corrected chi connectivity index (χ0v) is 7.21. The summed E-state index contributed by atoms with van der Waals surface area (Å²) in [6.45, 7) is 0. The van der Waals surface area contributed by atoms with Crippen LogP contribution in [0.25, 0.3) is 0 Å². The monoisotopic (exact) mass is 195 g/mol. The molecule has 0 spiro atoms. The second kappa shape index (κ2) is 3.42. The average Bonchev–Trinajstić information content (AvgIpc) is 1.88. The molecule has 0 atom stereocenters. The van der Waals surface area contributed by atoms with E-state index >= 15 is 0 Å². The van der Waals surface area contributed by atoms with Crippen molar-refractivity contribution in [1.82, 2.24) is 4.98 Å². The Kier molecular flexibility index (Phi) is 2.78. The fraction of sp³-hybridized carbons (Fsp3) is 0.167. The smallest absolute Gasteiger partial charge is 0.134 e. The van der Waals surface area contributed by atoms with Crippen LogP contribution in [-0.4, -0.2) is 4.98 Å². The van der Waals surface area contributed by atoms with Gasteiger partial charge in [-0.15, -0.1) is 11.6 Å². The average molecular weight is 196 g/mol. The van der Waals surface area contributed by atoms with Crippen molar-refractivity contribution >= 4 is 34.8 Å². The van der Waals surface area contributed by atoms with E-state index in [1.54, 1.807) is 12.3 Å². The maximum absolute atomic E-state index is 5.72. The molecule has 1 rings (SSSR count). The Balaban J connectivity index is 3.17. The highest BCUT2D eigenvalue weighted by molar-refractivity contribution is 6.36. The first-order valence-corrected chi connectivity index (χ1v) is 3.89. The van der Waals surface area contributed by atoms with Gasteiger partial charge in [0.2, 0.25) is 0 Å². The molecule has 0 aliphatic rings. The predicted molar refractivity (Wildman–Crippen MR) is 43.8 cm³/mol. The van der Waals surface area contributed by atoms with E-state index in [-0.39, 0.29) is 0 Å². The molecule has 0 amide bonds. The number of halogens is 3. The van der Waals surface area contributed by atoms with Gasteiger partial charge < -0.3 is 0 Å². The van der Waals surface area contributed by atoms with Gasteiger partial charge in [-0.3, -0.25) is 0 Å². The molecule has 0 radical (unpaired) electrons. The zero-order valence-electron chi connectivity index (χ0n) is 4.94. The molecule has 1 heterocycles. The van der Waals surface area contributed by atoms with Gasteiger partial charge in [-0.2, -0.15) is 0 Å². The number of rotatable bonds is 1. The summed E-state index contributed by atoms with van der Waals surface area (Å²) in [4.78, 5) is 3.81. The Morgan fingerprint density at radius 1 is 1.40 bits per heavy atom. The fourth-order valence-corrected chi connectivity index (χ4v) is 1.46. The highest BCUT2D eigenvalue weighted by Gasteiger charge is 2.03. The van der Waals surface area contributed by atoms with Gasteiger partial charge in [0, 0.05) is 16.8 Å². The molecule has 4 heteroatoms. The molecule has 0 fully saturated rings. The van der Waals surface area contributed by atoms with E-state index in [9.17, 15) is 0 Å². The molecule has 0 aliphatic carbocycles. The third-order valence-corrected chi connectivity index (χ3v) is 2.03. The highest BCUT2D eigenvalue weighted by atomic mass is 35.5. The number of alkyl halides is 1. The quantitative estimate of drug-likeness (QED) is 0.497. The van der Waals surface area contributed by atoms with Gasteiger partial charge in [-0.25, -0.2) is 4.98 Å². The van der Waals surface area contributed by atoms with E-state index in [2.05, 4.69) is 4.98 Å². The molecular formula is C6H4Cl3N. The van der Waals surface area contributed by atoms with Gasteiger partial charge in [0.1, 0.15) is 5.15 Å². The Hall–Kier alpha value is 0.0200. The molecule has 0 saturated carbocycles. The van der Waals surface area contributed by atoms with Crippen LogP contribution in [0.5, 0.6) is 0 Å². The lowest BCUT2D eigenvalue weighted by Gasteiger charge is -1.98. The minimum atomic E-state index is 0.297. The van der Waals surface area contributed by atoms with Crippen LogP contribution in [0.4, 0.5) is 0 Å². The third kappa shape index (κ3) is 1.54. The molecule has 0 N–H and O–H groups in total. The molecule has 0 bridgehead atoms. The molecule has 1 nitrogen and oxygen atoms in total. The van der Waals surface area contributed by atoms with Gasteiger partial charge in [-0.1, -0.05) is 23.2 Å². The van der Waals surface area contributed by atoms with Gasteiger partial charge in [0.05, 0.1) is 5.88 Å². The molecule has 54 valence electrons. The highest BCUT2D eigenvalue weighted by Crippen LogP contribution is 2.23. The summed E-state index contributed by atoms with van der Waals surface area (Å²) in [6.07, 6.45) is 1.54. The van der Waals surface area contributed by atoms with Crippen LogP contribution < -0.4 is 0 Å². The van der Waals surface area contributed by atoms with Crippen LogP contribution in [0.3, 0.4) is 0 Å². The minimum absolute atomic E-state index is 0.297. The Morgan fingerprint density at radius 3 is 2.50 bits per heavy atom. The first kappa shape index (κ1) is 8.12. The second-order valence-electron chi connectivity index (χ2n) is 1.70. The molecule has 0 unspecified atom stereocenters. The summed E-state index contributed by atoms with van der Waals surface area (Å²) < 4.78 is 0. The number of hydrogen-bond acceptors (Lipinski definition) is 1. The maximum atomic E-state index is 5.72. The number of aromatic nitrogens is 1. The zero-order chi connectivity index (χ0) is 7.56. The molecule has 0 aliphatic heterocycles. The number of hydrogen-bond donors (Lipinski definition) is 0. The lowest BCUT2D eigenvalue weighted by atomic mass is 10.3. The normalized spacial score (nSPS) is 9.90. The van der Waals surface area contributed by atoms with Crippen LogP contribution >= 0.6 is 34.8 Å². The lowest BCUT2D eigenvalue weighted by molar-refractivity contribution is 1.25. The largest absolute Gasteiger partial charge is 0.244 e. The van der Waals surface area contributed by atoms with E-state index in [1.165, 1.54) is 0 Å². The first-order valence-electron chi connectivity index (χ1n) is 2.60. The second-order valence-corrected chi connectivity index (χ2v) is 2.73. The Bertz CT molecular complexity index is 216. The topological polar surface area (TPSA) is 12.9 Å². The van der Waals surface area contributed by atoms with Crippen molar-refractivity contribution < 1.29 is 0 Å². The molecule has 1 aromatic rings.